The number of carbonyl (C=O) groups is 2. The van der Waals surface area contributed by atoms with Crippen molar-refractivity contribution in [2.24, 2.45) is 0 Å². The Kier molecular flexibility index (Phi) is 5.26. The molecule has 1 fully saturated rings. The van der Waals surface area contributed by atoms with Gasteiger partial charge in [0.2, 0.25) is 0 Å². The summed E-state index contributed by atoms with van der Waals surface area (Å²) in [6.07, 6.45) is -0.366. The summed E-state index contributed by atoms with van der Waals surface area (Å²) in [7, 11) is 1.31. The van der Waals surface area contributed by atoms with E-state index in [0.29, 0.717) is 42.8 Å². The van der Waals surface area contributed by atoms with Crippen molar-refractivity contribution in [3.05, 3.63) is 34.1 Å². The van der Waals surface area contributed by atoms with E-state index in [-0.39, 0.29) is 17.5 Å². The lowest BCUT2D eigenvalue weighted by Gasteiger charge is -2.35. The summed E-state index contributed by atoms with van der Waals surface area (Å²) in [5.74, 6) is -0.208. The summed E-state index contributed by atoms with van der Waals surface area (Å²) in [5, 5.41) is 0. The first-order chi connectivity index (χ1) is 13.2. The highest BCUT2D eigenvalue weighted by atomic mass is 16.6. The number of anilines is 1. The van der Waals surface area contributed by atoms with Gasteiger partial charge in [-0.15, -0.1) is 0 Å². The fourth-order valence-electron chi connectivity index (χ4n) is 2.96. The molecule has 1 aromatic carbocycles. The van der Waals surface area contributed by atoms with E-state index in [1.807, 2.05) is 25.7 Å². The van der Waals surface area contributed by atoms with Gasteiger partial charge < -0.3 is 24.3 Å². The Hall–Kier alpha value is -3.10. The van der Waals surface area contributed by atoms with Crippen molar-refractivity contribution in [3.8, 4) is 0 Å². The number of fused-ring (bicyclic) bond motifs is 1. The van der Waals surface area contributed by atoms with Crippen molar-refractivity contribution >= 4 is 28.9 Å². The fraction of sp³-hybridized carbons (Fsp3) is 0.474. The van der Waals surface area contributed by atoms with Crippen molar-refractivity contribution in [1.29, 1.82) is 0 Å². The number of aromatic nitrogens is 2. The molecule has 0 radical (unpaired) electrons. The largest absolute Gasteiger partial charge is 0.465 e. The van der Waals surface area contributed by atoms with Crippen molar-refractivity contribution in [3.63, 3.8) is 0 Å². The van der Waals surface area contributed by atoms with Gasteiger partial charge in [0.05, 0.1) is 23.7 Å². The van der Waals surface area contributed by atoms with Crippen LogP contribution in [0.5, 0.6) is 0 Å². The van der Waals surface area contributed by atoms with Crippen LogP contribution in [0.2, 0.25) is 0 Å². The number of H-pyrrole nitrogens is 1. The maximum absolute atomic E-state index is 12.5. The van der Waals surface area contributed by atoms with Crippen LogP contribution in [0, 0.1) is 0 Å². The van der Waals surface area contributed by atoms with Crippen molar-refractivity contribution in [1.82, 2.24) is 14.9 Å². The van der Waals surface area contributed by atoms with Crippen LogP contribution in [0.3, 0.4) is 0 Å². The Morgan fingerprint density at radius 1 is 1.14 bits per heavy atom. The zero-order chi connectivity index (χ0) is 20.5. The number of methoxy groups -OCH3 is 1. The molecule has 0 saturated carbocycles. The van der Waals surface area contributed by atoms with E-state index in [1.54, 1.807) is 23.1 Å². The van der Waals surface area contributed by atoms with Gasteiger partial charge in [0.25, 0.3) is 5.56 Å². The van der Waals surface area contributed by atoms with Crippen LogP contribution < -0.4 is 10.5 Å². The van der Waals surface area contributed by atoms with Crippen molar-refractivity contribution < 1.29 is 19.1 Å². The number of nitrogens with one attached hydrogen (secondary N) is 1. The normalized spacial score (nSPS) is 14.9. The van der Waals surface area contributed by atoms with E-state index in [2.05, 4.69) is 9.97 Å². The Balaban J connectivity index is 1.78. The van der Waals surface area contributed by atoms with Crippen LogP contribution in [0.25, 0.3) is 11.0 Å². The summed E-state index contributed by atoms with van der Waals surface area (Å²) < 4.78 is 10.1. The number of benzene rings is 1. The SMILES string of the molecule is COC(=O)c1ccc2[nH]c(=O)c(N3CCN(C(=O)OC(C)(C)C)CC3)nc2c1. The molecular weight excluding hydrogens is 364 g/mol. The van der Waals surface area contributed by atoms with Gasteiger partial charge in [-0.05, 0) is 39.0 Å². The highest BCUT2D eigenvalue weighted by Gasteiger charge is 2.27. The molecule has 0 aliphatic carbocycles. The number of aromatic amines is 1. The number of hydrogen-bond acceptors (Lipinski definition) is 7. The second-order valence-corrected chi connectivity index (χ2v) is 7.57. The molecule has 2 heterocycles. The number of nitrogens with zero attached hydrogens (tertiary/aromatic N) is 3. The van der Waals surface area contributed by atoms with Gasteiger partial charge in [0.1, 0.15) is 5.60 Å². The average molecular weight is 388 g/mol. The highest BCUT2D eigenvalue weighted by Crippen LogP contribution is 2.17. The molecule has 1 aliphatic heterocycles. The zero-order valence-electron chi connectivity index (χ0n) is 16.4. The molecule has 150 valence electrons. The number of piperazine rings is 1. The summed E-state index contributed by atoms with van der Waals surface area (Å²) in [6, 6.07) is 4.78. The van der Waals surface area contributed by atoms with Crippen LogP contribution >= 0.6 is 0 Å². The molecule has 0 bridgehead atoms. The topological polar surface area (TPSA) is 105 Å². The van der Waals surface area contributed by atoms with Crippen LogP contribution in [0.4, 0.5) is 10.6 Å². The number of amides is 1. The number of esters is 1. The Labute approximate surface area is 162 Å². The van der Waals surface area contributed by atoms with Gasteiger partial charge in [-0.3, -0.25) is 4.79 Å². The zero-order valence-corrected chi connectivity index (χ0v) is 16.4. The highest BCUT2D eigenvalue weighted by molar-refractivity contribution is 5.93. The van der Waals surface area contributed by atoms with Crippen LogP contribution in [0.1, 0.15) is 31.1 Å². The Bertz CT molecular complexity index is 955. The van der Waals surface area contributed by atoms with E-state index in [9.17, 15) is 14.4 Å². The quantitative estimate of drug-likeness (QED) is 0.782. The molecule has 1 amide bonds. The van der Waals surface area contributed by atoms with Crippen LogP contribution in [-0.2, 0) is 9.47 Å². The predicted octanol–water partition coefficient (Wildman–Crippen LogP) is 1.77. The third-order valence-electron chi connectivity index (χ3n) is 4.33. The van der Waals surface area contributed by atoms with Gasteiger partial charge in [-0.1, -0.05) is 0 Å². The average Bonchev–Trinajstić information content (AvgIpc) is 2.65. The van der Waals surface area contributed by atoms with Gasteiger partial charge in [-0.25, -0.2) is 14.6 Å². The molecule has 0 unspecified atom stereocenters. The van der Waals surface area contributed by atoms with E-state index in [1.165, 1.54) is 7.11 Å². The van der Waals surface area contributed by atoms with Crippen molar-refractivity contribution in [2.75, 3.05) is 38.2 Å². The van der Waals surface area contributed by atoms with E-state index < -0.39 is 11.6 Å². The molecule has 1 N–H and O–H groups in total. The summed E-state index contributed by atoms with van der Waals surface area (Å²) in [5.41, 5.74) is 0.517. The van der Waals surface area contributed by atoms with Crippen LogP contribution in [-0.4, -0.2) is 65.8 Å². The number of rotatable bonds is 2. The van der Waals surface area contributed by atoms with Crippen LogP contribution in [0.15, 0.2) is 23.0 Å². The minimum Gasteiger partial charge on any atom is -0.465 e. The molecule has 9 nitrogen and oxygen atoms in total. The molecule has 0 atom stereocenters. The lowest BCUT2D eigenvalue weighted by molar-refractivity contribution is 0.0240. The fourth-order valence-corrected chi connectivity index (χ4v) is 2.96. The van der Waals surface area contributed by atoms with Gasteiger partial charge in [-0.2, -0.15) is 0 Å². The monoisotopic (exact) mass is 388 g/mol. The Morgan fingerprint density at radius 2 is 1.82 bits per heavy atom. The molecule has 2 aromatic rings. The Morgan fingerprint density at radius 3 is 2.43 bits per heavy atom. The van der Waals surface area contributed by atoms with E-state index in [4.69, 9.17) is 9.47 Å². The first-order valence-corrected chi connectivity index (χ1v) is 9.03. The molecule has 0 spiro atoms. The van der Waals surface area contributed by atoms with Gasteiger partial charge >= 0.3 is 12.1 Å². The summed E-state index contributed by atoms with van der Waals surface area (Å²) in [6.45, 7) is 7.23. The second kappa shape index (κ2) is 7.49. The van der Waals surface area contributed by atoms with Gasteiger partial charge in [0, 0.05) is 26.2 Å². The molecule has 28 heavy (non-hydrogen) atoms. The molecule has 1 saturated heterocycles. The molecule has 9 heteroatoms. The first kappa shape index (κ1) is 19.7. The summed E-state index contributed by atoms with van der Waals surface area (Å²) >= 11 is 0. The lowest BCUT2D eigenvalue weighted by Crippen LogP contribution is -2.51. The molecule has 1 aromatic heterocycles. The maximum atomic E-state index is 12.5. The van der Waals surface area contributed by atoms with E-state index >= 15 is 0 Å². The molecular formula is C19H24N4O5. The smallest absolute Gasteiger partial charge is 0.410 e. The van der Waals surface area contributed by atoms with Crippen molar-refractivity contribution in [2.45, 2.75) is 26.4 Å². The lowest BCUT2D eigenvalue weighted by atomic mass is 10.2. The first-order valence-electron chi connectivity index (χ1n) is 9.03. The minimum absolute atomic E-state index is 0.262. The third-order valence-corrected chi connectivity index (χ3v) is 4.33. The minimum atomic E-state index is -0.553. The maximum Gasteiger partial charge on any atom is 0.410 e. The van der Waals surface area contributed by atoms with Gasteiger partial charge in [0.15, 0.2) is 5.82 Å². The molecule has 3 rings (SSSR count). The van der Waals surface area contributed by atoms with E-state index in [0.717, 1.165) is 0 Å². The third kappa shape index (κ3) is 4.24. The second-order valence-electron chi connectivity index (χ2n) is 7.57. The molecule has 1 aliphatic rings. The standard InChI is InChI=1S/C19H24N4O5/c1-19(2,3)28-18(26)23-9-7-22(8-10-23)15-16(24)21-13-6-5-12(17(25)27-4)11-14(13)20-15/h5-6,11H,7-10H2,1-4H3,(H,21,24). The number of ether oxygens (including phenoxy) is 2. The number of hydrogen-bond donors (Lipinski definition) is 1. The summed E-state index contributed by atoms with van der Waals surface area (Å²) in [4.78, 5) is 47.0. The number of carbonyl (C=O) groups excluding carboxylic acids is 2. The predicted molar refractivity (Wildman–Crippen MR) is 104 cm³/mol.